The molecule has 0 spiro atoms. The lowest BCUT2D eigenvalue weighted by molar-refractivity contribution is 0.199. The number of nitrogens with one attached hydrogen (secondary N) is 1. The number of aliphatic hydroxyl groups excluding tert-OH is 1. The lowest BCUT2D eigenvalue weighted by Gasteiger charge is -2.23. The molecule has 2 N–H and O–H groups in total. The van der Waals surface area contributed by atoms with Crippen LogP contribution >= 0.6 is 0 Å². The molecule has 0 aliphatic carbocycles. The summed E-state index contributed by atoms with van der Waals surface area (Å²) in [5, 5.41) is 17.0. The van der Waals surface area contributed by atoms with Gasteiger partial charge in [-0.3, -0.25) is 4.68 Å². The van der Waals surface area contributed by atoms with Gasteiger partial charge in [0.1, 0.15) is 5.82 Å². The van der Waals surface area contributed by atoms with Gasteiger partial charge >= 0.3 is 0 Å². The number of rotatable bonds is 9. The van der Waals surface area contributed by atoms with Crippen LogP contribution in [-0.4, -0.2) is 54.8 Å². The lowest BCUT2D eigenvalue weighted by Crippen LogP contribution is -2.30. The molecule has 1 heterocycles. The van der Waals surface area contributed by atoms with E-state index in [-0.39, 0.29) is 6.61 Å². The Labute approximate surface area is 115 Å². The Kier molecular flexibility index (Phi) is 6.83. The fourth-order valence-corrected chi connectivity index (χ4v) is 2.21. The molecule has 0 unspecified atom stereocenters. The smallest absolute Gasteiger partial charge is 0.131 e. The fraction of sp³-hybridized carbons (Fsp3) is 0.769. The molecule has 0 saturated carbocycles. The number of ether oxygens (including phenoxy) is 1. The molecule has 0 fully saturated rings. The van der Waals surface area contributed by atoms with Crippen LogP contribution in [0, 0.1) is 6.92 Å². The van der Waals surface area contributed by atoms with Gasteiger partial charge in [0.2, 0.25) is 0 Å². The first-order valence-electron chi connectivity index (χ1n) is 6.73. The third-order valence-corrected chi connectivity index (χ3v) is 3.15. The number of anilines is 1. The Morgan fingerprint density at radius 3 is 2.79 bits per heavy atom. The summed E-state index contributed by atoms with van der Waals surface area (Å²) >= 11 is 0. The van der Waals surface area contributed by atoms with Crippen LogP contribution in [-0.2, 0) is 18.3 Å². The van der Waals surface area contributed by atoms with Crippen molar-refractivity contribution in [2.24, 2.45) is 7.05 Å². The van der Waals surface area contributed by atoms with E-state index in [1.54, 1.807) is 7.11 Å². The summed E-state index contributed by atoms with van der Waals surface area (Å²) < 4.78 is 6.92. The van der Waals surface area contributed by atoms with E-state index in [1.165, 1.54) is 5.56 Å². The highest BCUT2D eigenvalue weighted by Gasteiger charge is 2.17. The van der Waals surface area contributed by atoms with E-state index in [4.69, 9.17) is 9.84 Å². The second-order valence-corrected chi connectivity index (χ2v) is 4.48. The second-order valence-electron chi connectivity index (χ2n) is 4.48. The largest absolute Gasteiger partial charge is 0.395 e. The fourth-order valence-electron chi connectivity index (χ4n) is 2.21. The average Bonchev–Trinajstić information content (AvgIpc) is 2.67. The number of aromatic nitrogens is 2. The van der Waals surface area contributed by atoms with E-state index in [1.807, 2.05) is 18.7 Å². The Balaban J connectivity index is 2.83. The van der Waals surface area contributed by atoms with E-state index in [0.29, 0.717) is 13.2 Å². The van der Waals surface area contributed by atoms with Gasteiger partial charge in [0.05, 0.1) is 18.9 Å². The molecule has 6 heteroatoms. The minimum absolute atomic E-state index is 0.147. The summed E-state index contributed by atoms with van der Waals surface area (Å²) in [6, 6.07) is 0. The van der Waals surface area contributed by atoms with Crippen molar-refractivity contribution in [3.63, 3.8) is 0 Å². The molecule has 0 radical (unpaired) electrons. The first-order chi connectivity index (χ1) is 9.15. The third kappa shape index (κ3) is 4.19. The minimum atomic E-state index is 0.147. The van der Waals surface area contributed by atoms with Crippen LogP contribution in [0.25, 0.3) is 0 Å². The summed E-state index contributed by atoms with van der Waals surface area (Å²) in [4.78, 5) is 2.15. The Morgan fingerprint density at radius 2 is 2.21 bits per heavy atom. The van der Waals surface area contributed by atoms with Crippen molar-refractivity contribution in [3.8, 4) is 0 Å². The quantitative estimate of drug-likeness (QED) is 0.631. The van der Waals surface area contributed by atoms with Crippen molar-refractivity contribution < 1.29 is 9.84 Å². The van der Waals surface area contributed by atoms with Crippen molar-refractivity contribution in [1.29, 1.82) is 0 Å². The van der Waals surface area contributed by atoms with Gasteiger partial charge in [-0.15, -0.1) is 0 Å². The van der Waals surface area contributed by atoms with E-state index in [2.05, 4.69) is 22.2 Å². The number of aryl methyl sites for hydroxylation is 2. The van der Waals surface area contributed by atoms with Crippen LogP contribution in [0.4, 0.5) is 5.82 Å². The van der Waals surface area contributed by atoms with Gasteiger partial charge in [0, 0.05) is 45.9 Å². The molecule has 6 nitrogen and oxygen atoms in total. The van der Waals surface area contributed by atoms with Gasteiger partial charge in [-0.2, -0.15) is 5.10 Å². The molecule has 110 valence electrons. The SMILES string of the molecule is CCN(CCO)c1c(CNCCOC)c(C)nn1C. The Hall–Kier alpha value is -1.11. The summed E-state index contributed by atoms with van der Waals surface area (Å²) in [5.41, 5.74) is 2.22. The van der Waals surface area contributed by atoms with Crippen LogP contribution in [0.15, 0.2) is 0 Å². The minimum Gasteiger partial charge on any atom is -0.395 e. The average molecular weight is 270 g/mol. The van der Waals surface area contributed by atoms with Gasteiger partial charge in [-0.05, 0) is 13.8 Å². The standard InChI is InChI=1S/C13H26N4O2/c1-5-17(7-8-18)13-12(10-14-6-9-19-4)11(2)15-16(13)3/h14,18H,5-10H2,1-4H3. The maximum absolute atomic E-state index is 9.16. The zero-order chi connectivity index (χ0) is 14.3. The van der Waals surface area contributed by atoms with Gasteiger partial charge in [0.15, 0.2) is 0 Å². The van der Waals surface area contributed by atoms with Gasteiger partial charge in [-0.25, -0.2) is 0 Å². The van der Waals surface area contributed by atoms with Crippen molar-refractivity contribution in [2.75, 3.05) is 44.9 Å². The molecular weight excluding hydrogens is 244 g/mol. The molecule has 0 aromatic carbocycles. The zero-order valence-electron chi connectivity index (χ0n) is 12.4. The monoisotopic (exact) mass is 270 g/mol. The van der Waals surface area contributed by atoms with Crippen LogP contribution in [0.1, 0.15) is 18.2 Å². The highest BCUT2D eigenvalue weighted by molar-refractivity contribution is 5.50. The van der Waals surface area contributed by atoms with Crippen LogP contribution < -0.4 is 10.2 Å². The molecule has 1 aromatic rings. The first-order valence-corrected chi connectivity index (χ1v) is 6.73. The summed E-state index contributed by atoms with van der Waals surface area (Å²) in [6.45, 7) is 8.00. The summed E-state index contributed by atoms with van der Waals surface area (Å²) in [7, 11) is 3.64. The molecule has 1 rings (SSSR count). The van der Waals surface area contributed by atoms with Gasteiger partial charge in [0.25, 0.3) is 0 Å². The van der Waals surface area contributed by atoms with Crippen molar-refractivity contribution in [3.05, 3.63) is 11.3 Å². The second kappa shape index (κ2) is 8.14. The predicted molar refractivity (Wildman–Crippen MR) is 76.5 cm³/mol. The summed E-state index contributed by atoms with van der Waals surface area (Å²) in [5.74, 6) is 1.08. The van der Waals surface area contributed by atoms with E-state index in [9.17, 15) is 0 Å². The van der Waals surface area contributed by atoms with Crippen LogP contribution in [0.5, 0.6) is 0 Å². The molecular formula is C13H26N4O2. The number of likely N-dealkylation sites (N-methyl/N-ethyl adjacent to an activating group) is 1. The third-order valence-electron chi connectivity index (χ3n) is 3.15. The molecule has 0 saturated heterocycles. The molecule has 0 aliphatic heterocycles. The number of aliphatic hydroxyl groups is 1. The molecule has 0 amide bonds. The Morgan fingerprint density at radius 1 is 1.47 bits per heavy atom. The topological polar surface area (TPSA) is 62.6 Å². The molecule has 0 aliphatic rings. The molecule has 19 heavy (non-hydrogen) atoms. The Bertz CT molecular complexity index is 379. The normalized spacial score (nSPS) is 11.0. The summed E-state index contributed by atoms with van der Waals surface area (Å²) in [6.07, 6.45) is 0. The van der Waals surface area contributed by atoms with E-state index < -0.39 is 0 Å². The molecule has 0 bridgehead atoms. The molecule has 0 atom stereocenters. The van der Waals surface area contributed by atoms with E-state index >= 15 is 0 Å². The van der Waals surface area contributed by atoms with Crippen molar-refractivity contribution >= 4 is 5.82 Å². The number of nitrogens with zero attached hydrogens (tertiary/aromatic N) is 3. The predicted octanol–water partition coefficient (Wildman–Crippen LogP) is 0.283. The van der Waals surface area contributed by atoms with Crippen molar-refractivity contribution in [1.82, 2.24) is 15.1 Å². The molecule has 1 aromatic heterocycles. The number of hydrogen-bond acceptors (Lipinski definition) is 5. The maximum Gasteiger partial charge on any atom is 0.131 e. The van der Waals surface area contributed by atoms with Crippen LogP contribution in [0.2, 0.25) is 0 Å². The van der Waals surface area contributed by atoms with Crippen molar-refractivity contribution in [2.45, 2.75) is 20.4 Å². The highest BCUT2D eigenvalue weighted by Crippen LogP contribution is 2.22. The lowest BCUT2D eigenvalue weighted by atomic mass is 10.2. The first kappa shape index (κ1) is 15.9. The maximum atomic E-state index is 9.16. The van der Waals surface area contributed by atoms with E-state index in [0.717, 1.165) is 31.1 Å². The number of methoxy groups -OCH3 is 1. The van der Waals surface area contributed by atoms with Gasteiger partial charge < -0.3 is 20.1 Å². The zero-order valence-corrected chi connectivity index (χ0v) is 12.4. The van der Waals surface area contributed by atoms with Crippen LogP contribution in [0.3, 0.4) is 0 Å². The number of hydrogen-bond donors (Lipinski definition) is 2. The van der Waals surface area contributed by atoms with Gasteiger partial charge in [-0.1, -0.05) is 0 Å². The highest BCUT2D eigenvalue weighted by atomic mass is 16.5.